The molecule has 1 heterocycles. The molecule has 1 aliphatic rings. The van der Waals surface area contributed by atoms with Crippen LogP contribution in [0, 0.1) is 5.41 Å². The van der Waals surface area contributed by atoms with Crippen LogP contribution in [0.4, 0.5) is 11.6 Å². The predicted octanol–water partition coefficient (Wildman–Crippen LogP) is 3.09. The van der Waals surface area contributed by atoms with Crippen LogP contribution in [0.5, 0.6) is 0 Å². The van der Waals surface area contributed by atoms with E-state index in [2.05, 4.69) is 29.1 Å². The maximum atomic E-state index is 6.07. The second kappa shape index (κ2) is 4.69. The number of nitrogens with two attached hydrogens (primary N) is 1. The molecule has 0 aromatic carbocycles. The maximum Gasteiger partial charge on any atom is 0.150 e. The molecule has 2 rings (SSSR count). The molecule has 94 valence electrons. The third-order valence-electron chi connectivity index (χ3n) is 3.36. The van der Waals surface area contributed by atoms with Gasteiger partial charge in [-0.25, -0.2) is 9.97 Å². The lowest BCUT2D eigenvalue weighted by Gasteiger charge is -2.35. The Labute approximate surface area is 107 Å². The summed E-state index contributed by atoms with van der Waals surface area (Å²) in [7, 11) is 0. The van der Waals surface area contributed by atoms with Gasteiger partial charge in [-0.15, -0.1) is 0 Å². The standard InChI is InChI=1S/C12H19ClN4/c1-12(2)5-3-4-8(6-12)17-11-9(13)10(14)15-7-16-11/h7-8H,3-6H2,1-2H3,(H3,14,15,16,17). The van der Waals surface area contributed by atoms with Gasteiger partial charge in [0.1, 0.15) is 17.2 Å². The van der Waals surface area contributed by atoms with Crippen LogP contribution in [0.2, 0.25) is 5.02 Å². The zero-order valence-corrected chi connectivity index (χ0v) is 11.1. The summed E-state index contributed by atoms with van der Waals surface area (Å²) in [6.45, 7) is 4.60. The van der Waals surface area contributed by atoms with Gasteiger partial charge in [-0.05, 0) is 24.7 Å². The molecule has 0 bridgehead atoms. The minimum atomic E-state index is 0.333. The monoisotopic (exact) mass is 254 g/mol. The lowest BCUT2D eigenvalue weighted by molar-refractivity contribution is 0.229. The number of hydrogen-bond acceptors (Lipinski definition) is 4. The van der Waals surface area contributed by atoms with Crippen molar-refractivity contribution >= 4 is 23.2 Å². The first-order valence-electron chi connectivity index (χ1n) is 6.00. The Morgan fingerprint density at radius 3 is 2.94 bits per heavy atom. The molecule has 17 heavy (non-hydrogen) atoms. The van der Waals surface area contributed by atoms with Crippen molar-refractivity contribution in [2.75, 3.05) is 11.1 Å². The number of aromatic nitrogens is 2. The van der Waals surface area contributed by atoms with E-state index in [1.807, 2.05) is 0 Å². The highest BCUT2D eigenvalue weighted by Gasteiger charge is 2.28. The number of halogens is 1. The van der Waals surface area contributed by atoms with Crippen LogP contribution in [0.1, 0.15) is 39.5 Å². The number of nitrogen functional groups attached to an aromatic ring is 1. The highest BCUT2D eigenvalue weighted by molar-refractivity contribution is 6.35. The quantitative estimate of drug-likeness (QED) is 0.851. The molecule has 1 fully saturated rings. The number of rotatable bonds is 2. The molecule has 1 aromatic heterocycles. The van der Waals surface area contributed by atoms with Gasteiger partial charge in [-0.2, -0.15) is 0 Å². The lowest BCUT2D eigenvalue weighted by atomic mass is 9.75. The van der Waals surface area contributed by atoms with Crippen LogP contribution in [-0.2, 0) is 0 Å². The number of nitrogens with zero attached hydrogens (tertiary/aromatic N) is 2. The van der Waals surface area contributed by atoms with E-state index in [0.29, 0.717) is 28.1 Å². The summed E-state index contributed by atoms with van der Waals surface area (Å²) in [5, 5.41) is 3.81. The van der Waals surface area contributed by atoms with E-state index in [0.717, 1.165) is 12.8 Å². The molecule has 4 nitrogen and oxygen atoms in total. The van der Waals surface area contributed by atoms with Crippen molar-refractivity contribution < 1.29 is 0 Å². The second-order valence-corrected chi connectivity index (χ2v) is 5.90. The van der Waals surface area contributed by atoms with Crippen molar-refractivity contribution in [3.05, 3.63) is 11.3 Å². The predicted molar refractivity (Wildman–Crippen MR) is 71.1 cm³/mol. The van der Waals surface area contributed by atoms with Crippen LogP contribution in [-0.4, -0.2) is 16.0 Å². The van der Waals surface area contributed by atoms with Gasteiger partial charge in [-0.1, -0.05) is 31.9 Å². The van der Waals surface area contributed by atoms with Crippen molar-refractivity contribution in [2.45, 2.75) is 45.6 Å². The second-order valence-electron chi connectivity index (χ2n) is 5.52. The smallest absolute Gasteiger partial charge is 0.150 e. The van der Waals surface area contributed by atoms with Crippen LogP contribution < -0.4 is 11.1 Å². The summed E-state index contributed by atoms with van der Waals surface area (Å²) in [6, 6.07) is 0.422. The molecule has 1 aliphatic carbocycles. The average Bonchev–Trinajstić information content (AvgIpc) is 2.23. The minimum Gasteiger partial charge on any atom is -0.382 e. The molecule has 1 saturated carbocycles. The van der Waals surface area contributed by atoms with Gasteiger partial charge in [0.25, 0.3) is 0 Å². The molecule has 3 N–H and O–H groups in total. The Bertz CT molecular complexity index is 405. The van der Waals surface area contributed by atoms with E-state index >= 15 is 0 Å². The van der Waals surface area contributed by atoms with Gasteiger partial charge >= 0.3 is 0 Å². The number of anilines is 2. The third-order valence-corrected chi connectivity index (χ3v) is 3.74. The van der Waals surface area contributed by atoms with Gasteiger partial charge in [-0.3, -0.25) is 0 Å². The van der Waals surface area contributed by atoms with Gasteiger partial charge < -0.3 is 11.1 Å². The Morgan fingerprint density at radius 1 is 1.47 bits per heavy atom. The SMILES string of the molecule is CC1(C)CCCC(Nc2ncnc(N)c2Cl)C1. The van der Waals surface area contributed by atoms with Gasteiger partial charge in [0.15, 0.2) is 5.82 Å². The summed E-state index contributed by atoms with van der Waals surface area (Å²) in [5.41, 5.74) is 6.05. The molecule has 5 heteroatoms. The summed E-state index contributed by atoms with van der Waals surface area (Å²) in [5.74, 6) is 0.987. The van der Waals surface area contributed by atoms with Crippen LogP contribution in [0.25, 0.3) is 0 Å². The molecule has 0 saturated heterocycles. The fraction of sp³-hybridized carbons (Fsp3) is 0.667. The summed E-state index contributed by atoms with van der Waals surface area (Å²) in [4.78, 5) is 8.00. The van der Waals surface area contributed by atoms with Crippen molar-refractivity contribution in [3.63, 3.8) is 0 Å². The molecule has 1 unspecified atom stereocenters. The Hall–Kier alpha value is -1.03. The van der Waals surface area contributed by atoms with Gasteiger partial charge in [0.2, 0.25) is 0 Å². The normalized spacial score (nSPS) is 23.4. The molecular weight excluding hydrogens is 236 g/mol. The van der Waals surface area contributed by atoms with Gasteiger partial charge in [0, 0.05) is 6.04 Å². The first-order valence-corrected chi connectivity index (χ1v) is 6.38. The fourth-order valence-electron chi connectivity index (χ4n) is 2.50. The summed E-state index contributed by atoms with van der Waals surface area (Å²) < 4.78 is 0. The first-order chi connectivity index (χ1) is 7.98. The zero-order valence-electron chi connectivity index (χ0n) is 10.3. The fourth-order valence-corrected chi connectivity index (χ4v) is 2.65. The van der Waals surface area contributed by atoms with E-state index in [1.165, 1.54) is 19.2 Å². The largest absolute Gasteiger partial charge is 0.382 e. The topological polar surface area (TPSA) is 63.8 Å². The van der Waals surface area contributed by atoms with E-state index in [4.69, 9.17) is 17.3 Å². The van der Waals surface area contributed by atoms with Crippen molar-refractivity contribution in [1.29, 1.82) is 0 Å². The van der Waals surface area contributed by atoms with Gasteiger partial charge in [0.05, 0.1) is 0 Å². The maximum absolute atomic E-state index is 6.07. The van der Waals surface area contributed by atoms with E-state index in [-0.39, 0.29) is 0 Å². The minimum absolute atomic E-state index is 0.333. The van der Waals surface area contributed by atoms with Crippen LogP contribution >= 0.6 is 11.6 Å². The van der Waals surface area contributed by atoms with E-state index in [1.54, 1.807) is 0 Å². The Kier molecular flexibility index (Phi) is 3.43. The summed E-state index contributed by atoms with van der Waals surface area (Å²) in [6.07, 6.45) is 6.25. The van der Waals surface area contributed by atoms with Crippen LogP contribution in [0.15, 0.2) is 6.33 Å². The van der Waals surface area contributed by atoms with Crippen molar-refractivity contribution in [1.82, 2.24) is 9.97 Å². The average molecular weight is 255 g/mol. The summed E-state index contributed by atoms with van der Waals surface area (Å²) >= 11 is 6.07. The molecular formula is C12H19ClN4. The first kappa shape index (κ1) is 12.4. The third kappa shape index (κ3) is 3.00. The van der Waals surface area contributed by atoms with E-state index < -0.39 is 0 Å². The lowest BCUT2D eigenvalue weighted by Crippen LogP contribution is -2.32. The molecule has 0 amide bonds. The highest BCUT2D eigenvalue weighted by atomic mass is 35.5. The van der Waals surface area contributed by atoms with Crippen molar-refractivity contribution in [2.24, 2.45) is 5.41 Å². The Morgan fingerprint density at radius 2 is 2.24 bits per heavy atom. The molecule has 0 spiro atoms. The Balaban J connectivity index is 2.08. The van der Waals surface area contributed by atoms with Crippen LogP contribution in [0.3, 0.4) is 0 Å². The molecule has 1 aromatic rings. The zero-order chi connectivity index (χ0) is 12.5. The molecule has 0 aliphatic heterocycles. The number of hydrogen-bond donors (Lipinski definition) is 2. The number of nitrogens with one attached hydrogen (secondary N) is 1. The van der Waals surface area contributed by atoms with Crippen molar-refractivity contribution in [3.8, 4) is 0 Å². The molecule has 1 atom stereocenters. The molecule has 0 radical (unpaired) electrons. The highest BCUT2D eigenvalue weighted by Crippen LogP contribution is 2.37. The van der Waals surface area contributed by atoms with E-state index in [9.17, 15) is 0 Å².